The number of aromatic nitrogens is 2. The number of nitrogens with zero attached hydrogens (tertiary/aromatic N) is 4. The Morgan fingerprint density at radius 2 is 1.90 bits per heavy atom. The van der Waals surface area contributed by atoms with Crippen LogP contribution in [0.4, 0.5) is 10.1 Å². The van der Waals surface area contributed by atoms with Crippen LogP contribution in [0.1, 0.15) is 36.2 Å². The summed E-state index contributed by atoms with van der Waals surface area (Å²) in [7, 11) is 0. The van der Waals surface area contributed by atoms with Crippen LogP contribution >= 0.6 is 23.1 Å². The molecule has 0 aliphatic carbocycles. The minimum Gasteiger partial charge on any atom is -0.430 e. The van der Waals surface area contributed by atoms with Crippen molar-refractivity contribution in [2.24, 2.45) is 4.99 Å². The number of hydrogen-bond acceptors (Lipinski definition) is 5. The van der Waals surface area contributed by atoms with Gasteiger partial charge in [-0.2, -0.15) is 9.36 Å². The summed E-state index contributed by atoms with van der Waals surface area (Å²) in [6.07, 6.45) is 9.15. The maximum absolute atomic E-state index is 13.0. The van der Waals surface area contributed by atoms with Crippen molar-refractivity contribution in [3.8, 4) is 10.9 Å². The number of aryl methyl sites for hydroxylation is 1. The SMILES string of the molecule is Cc1cc(N=CN2CCCCC2)c(Cl)cc1Oc1nc(/C=C/c2ccc(F)cc2)ns1. The van der Waals surface area contributed by atoms with Crippen molar-refractivity contribution in [1.29, 1.82) is 0 Å². The summed E-state index contributed by atoms with van der Waals surface area (Å²) >= 11 is 7.59. The first-order chi connectivity index (χ1) is 15.1. The molecule has 0 amide bonds. The molecule has 5 nitrogen and oxygen atoms in total. The summed E-state index contributed by atoms with van der Waals surface area (Å²) in [5.41, 5.74) is 2.49. The molecule has 0 radical (unpaired) electrons. The van der Waals surface area contributed by atoms with Gasteiger partial charge in [-0.15, -0.1) is 0 Å². The van der Waals surface area contributed by atoms with Crippen LogP contribution in [-0.4, -0.2) is 33.7 Å². The predicted octanol–water partition coefficient (Wildman–Crippen LogP) is 6.75. The first kappa shape index (κ1) is 21.5. The Morgan fingerprint density at radius 3 is 2.68 bits per heavy atom. The highest BCUT2D eigenvalue weighted by Crippen LogP contribution is 2.35. The molecule has 0 spiro atoms. The van der Waals surface area contributed by atoms with Crippen LogP contribution in [0.2, 0.25) is 5.02 Å². The molecule has 0 bridgehead atoms. The first-order valence-electron chi connectivity index (χ1n) is 10.1. The van der Waals surface area contributed by atoms with Gasteiger partial charge in [-0.05, 0) is 61.6 Å². The molecular formula is C23H22ClFN4OS. The lowest BCUT2D eigenvalue weighted by molar-refractivity contribution is 0.351. The molecule has 0 saturated carbocycles. The van der Waals surface area contributed by atoms with Crippen molar-refractivity contribution in [3.05, 3.63) is 64.2 Å². The third-order valence-corrected chi connectivity index (χ3v) is 5.82. The van der Waals surface area contributed by atoms with Crippen LogP contribution in [0.15, 0.2) is 41.4 Å². The van der Waals surface area contributed by atoms with Crippen LogP contribution in [0, 0.1) is 12.7 Å². The minimum atomic E-state index is -0.267. The summed E-state index contributed by atoms with van der Waals surface area (Å²) in [6, 6.07) is 9.88. The number of halogens is 2. The van der Waals surface area contributed by atoms with Gasteiger partial charge in [0.05, 0.1) is 17.0 Å². The van der Waals surface area contributed by atoms with Crippen molar-refractivity contribution in [1.82, 2.24) is 14.3 Å². The lowest BCUT2D eigenvalue weighted by Crippen LogP contribution is -2.27. The van der Waals surface area contributed by atoms with Crippen molar-refractivity contribution in [3.63, 3.8) is 0 Å². The molecule has 8 heteroatoms. The smallest absolute Gasteiger partial charge is 0.299 e. The maximum atomic E-state index is 13.0. The highest BCUT2D eigenvalue weighted by atomic mass is 35.5. The summed E-state index contributed by atoms with van der Waals surface area (Å²) in [6.45, 7) is 4.02. The molecule has 31 heavy (non-hydrogen) atoms. The normalized spacial score (nSPS) is 14.6. The summed E-state index contributed by atoms with van der Waals surface area (Å²) in [5.74, 6) is 0.875. The van der Waals surface area contributed by atoms with Gasteiger partial charge in [0, 0.05) is 30.7 Å². The zero-order valence-corrected chi connectivity index (χ0v) is 18.7. The molecule has 4 rings (SSSR count). The fourth-order valence-corrected chi connectivity index (χ4v) is 3.94. The quantitative estimate of drug-likeness (QED) is 0.304. The van der Waals surface area contributed by atoms with Gasteiger partial charge in [-0.25, -0.2) is 9.38 Å². The second-order valence-corrected chi connectivity index (χ2v) is 8.44. The molecule has 1 saturated heterocycles. The molecule has 0 atom stereocenters. The fourth-order valence-electron chi connectivity index (χ4n) is 3.20. The monoisotopic (exact) mass is 456 g/mol. The third-order valence-electron chi connectivity index (χ3n) is 4.91. The number of rotatable bonds is 6. The van der Waals surface area contributed by atoms with Gasteiger partial charge in [0.15, 0.2) is 5.82 Å². The van der Waals surface area contributed by atoms with Gasteiger partial charge in [-0.1, -0.05) is 29.8 Å². The Morgan fingerprint density at radius 1 is 1.13 bits per heavy atom. The van der Waals surface area contributed by atoms with E-state index in [-0.39, 0.29) is 5.82 Å². The molecule has 1 aliphatic heterocycles. The number of likely N-dealkylation sites (tertiary alicyclic amines) is 1. The summed E-state index contributed by atoms with van der Waals surface area (Å²) in [4.78, 5) is 11.2. The molecule has 3 aromatic rings. The predicted molar refractivity (Wildman–Crippen MR) is 125 cm³/mol. The van der Waals surface area contributed by atoms with E-state index in [9.17, 15) is 4.39 Å². The number of benzene rings is 2. The van der Waals surface area contributed by atoms with E-state index in [2.05, 4.69) is 19.2 Å². The van der Waals surface area contributed by atoms with Crippen molar-refractivity contribution in [2.75, 3.05) is 13.1 Å². The van der Waals surface area contributed by atoms with E-state index in [1.165, 1.54) is 31.4 Å². The third kappa shape index (κ3) is 5.89. The van der Waals surface area contributed by atoms with E-state index in [4.69, 9.17) is 16.3 Å². The lowest BCUT2D eigenvalue weighted by atomic mass is 10.1. The fraction of sp³-hybridized carbons (Fsp3) is 0.261. The van der Waals surface area contributed by atoms with Crippen molar-refractivity contribution in [2.45, 2.75) is 26.2 Å². The van der Waals surface area contributed by atoms with Crippen LogP contribution in [0.25, 0.3) is 12.2 Å². The highest BCUT2D eigenvalue weighted by molar-refractivity contribution is 7.07. The Balaban J connectivity index is 1.42. The number of aliphatic imine (C=N–C) groups is 1. The zero-order chi connectivity index (χ0) is 21.6. The lowest BCUT2D eigenvalue weighted by Gasteiger charge is -2.23. The van der Waals surface area contributed by atoms with Crippen LogP contribution in [-0.2, 0) is 0 Å². The van der Waals surface area contributed by atoms with Crippen LogP contribution in [0.5, 0.6) is 10.9 Å². The van der Waals surface area contributed by atoms with Gasteiger partial charge in [-0.3, -0.25) is 0 Å². The topological polar surface area (TPSA) is 50.6 Å². The molecule has 2 heterocycles. The van der Waals surface area contributed by atoms with E-state index in [1.807, 2.05) is 25.4 Å². The van der Waals surface area contributed by atoms with Gasteiger partial charge >= 0.3 is 0 Å². The van der Waals surface area contributed by atoms with Gasteiger partial charge in [0.25, 0.3) is 5.19 Å². The van der Waals surface area contributed by atoms with Crippen molar-refractivity contribution < 1.29 is 9.13 Å². The summed E-state index contributed by atoms with van der Waals surface area (Å²) < 4.78 is 23.2. The minimum absolute atomic E-state index is 0.267. The Labute approximate surface area is 190 Å². The summed E-state index contributed by atoms with van der Waals surface area (Å²) in [5, 5.41) is 0.942. The van der Waals surface area contributed by atoms with E-state index < -0.39 is 0 Å². The first-order valence-corrected chi connectivity index (χ1v) is 11.3. The molecule has 160 valence electrons. The van der Waals surface area contributed by atoms with Gasteiger partial charge in [0.2, 0.25) is 0 Å². The van der Waals surface area contributed by atoms with Crippen LogP contribution < -0.4 is 4.74 Å². The van der Waals surface area contributed by atoms with Gasteiger partial charge in [0.1, 0.15) is 11.6 Å². The van der Waals surface area contributed by atoms with Crippen molar-refractivity contribution >= 4 is 47.3 Å². The number of hydrogen-bond donors (Lipinski definition) is 0. The number of ether oxygens (including phenoxy) is 1. The molecule has 1 aromatic heterocycles. The maximum Gasteiger partial charge on any atom is 0.299 e. The zero-order valence-electron chi connectivity index (χ0n) is 17.1. The second kappa shape index (κ2) is 10.0. The molecule has 0 N–H and O–H groups in total. The number of piperidine rings is 1. The standard InChI is InChI=1S/C23H22ClFN4OS/c1-16-13-20(26-15-29-11-3-2-4-12-29)19(24)14-21(16)30-23-27-22(28-31-23)10-7-17-5-8-18(25)9-6-17/h5-10,13-15H,2-4,11-12H2,1H3/b10-7+,26-15?. The Bertz CT molecular complexity index is 1090. The van der Waals surface area contributed by atoms with Crippen LogP contribution in [0.3, 0.4) is 0 Å². The Kier molecular flexibility index (Phi) is 6.94. The van der Waals surface area contributed by atoms with E-state index >= 15 is 0 Å². The van der Waals surface area contributed by atoms with E-state index in [0.717, 1.165) is 41.4 Å². The van der Waals surface area contributed by atoms with E-state index in [0.29, 0.717) is 21.8 Å². The largest absolute Gasteiger partial charge is 0.430 e. The molecule has 1 aliphatic rings. The highest BCUT2D eigenvalue weighted by Gasteiger charge is 2.11. The second-order valence-electron chi connectivity index (χ2n) is 7.32. The van der Waals surface area contributed by atoms with Gasteiger partial charge < -0.3 is 9.64 Å². The average molecular weight is 457 g/mol. The van der Waals surface area contributed by atoms with E-state index in [1.54, 1.807) is 24.3 Å². The molecule has 0 unspecified atom stereocenters. The molecule has 1 fully saturated rings. The Hall–Kier alpha value is -2.77. The molecule has 2 aromatic carbocycles. The molecular weight excluding hydrogens is 435 g/mol. The average Bonchev–Trinajstić information content (AvgIpc) is 3.23.